The second-order valence-corrected chi connectivity index (χ2v) is 6.41. The molecule has 2 aromatic carbocycles. The van der Waals surface area contributed by atoms with Gasteiger partial charge in [0.25, 0.3) is 0 Å². The summed E-state index contributed by atoms with van der Waals surface area (Å²) in [7, 11) is 0. The number of rotatable bonds is 5. The Bertz CT molecular complexity index is 669. The molecule has 1 aliphatic heterocycles. The maximum atomic E-state index is 12.1. The van der Waals surface area contributed by atoms with E-state index in [1.807, 2.05) is 18.2 Å². The van der Waals surface area contributed by atoms with Crippen LogP contribution < -0.4 is 10.2 Å². The fourth-order valence-corrected chi connectivity index (χ4v) is 3.11. The summed E-state index contributed by atoms with van der Waals surface area (Å²) in [6.07, 6.45) is 0.498. The molecule has 4 nitrogen and oxygen atoms in total. The molecule has 0 aromatic heterocycles. The fourth-order valence-electron chi connectivity index (χ4n) is 2.92. The van der Waals surface area contributed by atoms with Crippen molar-refractivity contribution in [2.75, 3.05) is 42.9 Å². The minimum absolute atomic E-state index is 0.0303. The molecule has 1 saturated heterocycles. The van der Waals surface area contributed by atoms with Crippen molar-refractivity contribution in [2.45, 2.75) is 6.42 Å². The van der Waals surface area contributed by atoms with Crippen LogP contribution >= 0.6 is 11.6 Å². The number of hydrogen-bond acceptors (Lipinski definition) is 3. The number of halogens is 1. The van der Waals surface area contributed by atoms with E-state index in [2.05, 4.69) is 39.4 Å². The molecule has 1 aliphatic rings. The molecule has 0 unspecified atom stereocenters. The molecule has 0 aliphatic carbocycles. The summed E-state index contributed by atoms with van der Waals surface area (Å²) in [5, 5.41) is 3.53. The van der Waals surface area contributed by atoms with Gasteiger partial charge in [0.15, 0.2) is 0 Å². The zero-order valence-corrected chi connectivity index (χ0v) is 14.4. The van der Waals surface area contributed by atoms with Crippen LogP contribution in [0.2, 0.25) is 5.02 Å². The highest BCUT2D eigenvalue weighted by atomic mass is 35.5. The van der Waals surface area contributed by atoms with Gasteiger partial charge in [-0.15, -0.1) is 0 Å². The summed E-state index contributed by atoms with van der Waals surface area (Å²) in [5.74, 6) is 0.0303. The molecule has 2 aromatic rings. The molecule has 3 rings (SSSR count). The van der Waals surface area contributed by atoms with E-state index >= 15 is 0 Å². The number of hydrogen-bond donors (Lipinski definition) is 1. The van der Waals surface area contributed by atoms with E-state index < -0.39 is 0 Å². The molecular weight excluding hydrogens is 322 g/mol. The Balaban J connectivity index is 1.41. The average molecular weight is 344 g/mol. The van der Waals surface area contributed by atoms with Gasteiger partial charge in [-0.25, -0.2) is 0 Å². The van der Waals surface area contributed by atoms with Crippen LogP contribution in [0.25, 0.3) is 0 Å². The van der Waals surface area contributed by atoms with Gasteiger partial charge in [0, 0.05) is 55.5 Å². The first-order valence-corrected chi connectivity index (χ1v) is 8.66. The van der Waals surface area contributed by atoms with E-state index in [0.717, 1.165) is 38.4 Å². The monoisotopic (exact) mass is 343 g/mol. The summed E-state index contributed by atoms with van der Waals surface area (Å²) in [5.41, 5.74) is 2.03. The van der Waals surface area contributed by atoms with Crippen LogP contribution in [0.15, 0.2) is 54.6 Å². The van der Waals surface area contributed by atoms with Gasteiger partial charge < -0.3 is 10.2 Å². The number of nitrogens with one attached hydrogen (secondary N) is 1. The maximum Gasteiger partial charge on any atom is 0.225 e. The van der Waals surface area contributed by atoms with Crippen LogP contribution in [-0.2, 0) is 4.79 Å². The average Bonchev–Trinajstić information content (AvgIpc) is 2.61. The Hall–Kier alpha value is -2.04. The van der Waals surface area contributed by atoms with Gasteiger partial charge in [0.1, 0.15) is 0 Å². The van der Waals surface area contributed by atoms with E-state index in [0.29, 0.717) is 11.4 Å². The second-order valence-electron chi connectivity index (χ2n) is 5.97. The predicted octanol–water partition coefficient (Wildman–Crippen LogP) is 3.49. The highest BCUT2D eigenvalue weighted by Gasteiger charge is 2.17. The van der Waals surface area contributed by atoms with Crippen LogP contribution in [0.5, 0.6) is 0 Å². The molecule has 0 saturated carbocycles. The Kier molecular flexibility index (Phi) is 5.72. The van der Waals surface area contributed by atoms with Crippen LogP contribution in [0.1, 0.15) is 6.42 Å². The normalized spacial score (nSPS) is 15.3. The molecule has 5 heteroatoms. The van der Waals surface area contributed by atoms with Crippen LogP contribution in [0.4, 0.5) is 11.4 Å². The van der Waals surface area contributed by atoms with Crippen molar-refractivity contribution in [3.05, 3.63) is 59.6 Å². The van der Waals surface area contributed by atoms with Gasteiger partial charge in [-0.05, 0) is 30.3 Å². The first kappa shape index (κ1) is 16.8. The fraction of sp³-hybridized carbons (Fsp3) is 0.316. The van der Waals surface area contributed by atoms with Crippen molar-refractivity contribution < 1.29 is 4.79 Å². The molecule has 0 bridgehead atoms. The van der Waals surface area contributed by atoms with E-state index in [4.69, 9.17) is 11.6 Å². The van der Waals surface area contributed by atoms with Crippen LogP contribution in [0.3, 0.4) is 0 Å². The molecule has 0 radical (unpaired) electrons. The van der Waals surface area contributed by atoms with Crippen LogP contribution in [-0.4, -0.2) is 43.5 Å². The third kappa shape index (κ3) is 4.73. The molecule has 0 atom stereocenters. The standard InChI is InChI=1S/C19H22ClN3O/c20-16-5-4-6-17(15-16)21-19(24)9-10-22-11-13-23(14-12-22)18-7-2-1-3-8-18/h1-8,15H,9-14H2,(H,21,24). The maximum absolute atomic E-state index is 12.1. The lowest BCUT2D eigenvalue weighted by molar-refractivity contribution is -0.116. The Labute approximate surface area is 148 Å². The predicted molar refractivity (Wildman–Crippen MR) is 99.8 cm³/mol. The van der Waals surface area contributed by atoms with E-state index in [1.165, 1.54) is 5.69 Å². The second kappa shape index (κ2) is 8.18. The van der Waals surface area contributed by atoms with Crippen molar-refractivity contribution >= 4 is 28.9 Å². The largest absolute Gasteiger partial charge is 0.369 e. The topological polar surface area (TPSA) is 35.6 Å². The number of carbonyl (C=O) groups is 1. The van der Waals surface area contributed by atoms with Crippen molar-refractivity contribution in [1.29, 1.82) is 0 Å². The first-order chi connectivity index (χ1) is 11.7. The van der Waals surface area contributed by atoms with Gasteiger partial charge in [0.05, 0.1) is 0 Å². The zero-order valence-electron chi connectivity index (χ0n) is 13.6. The molecule has 1 fully saturated rings. The molecule has 1 N–H and O–H groups in total. The SMILES string of the molecule is O=C(CCN1CCN(c2ccccc2)CC1)Nc1cccc(Cl)c1. The highest BCUT2D eigenvalue weighted by molar-refractivity contribution is 6.30. The highest BCUT2D eigenvalue weighted by Crippen LogP contribution is 2.16. The summed E-state index contributed by atoms with van der Waals surface area (Å²) in [6.45, 7) is 4.76. The third-order valence-corrected chi connectivity index (χ3v) is 4.49. The molecule has 126 valence electrons. The van der Waals surface area contributed by atoms with E-state index in [1.54, 1.807) is 12.1 Å². The van der Waals surface area contributed by atoms with Gasteiger partial charge in [-0.2, -0.15) is 0 Å². The van der Waals surface area contributed by atoms with Crippen molar-refractivity contribution in [3.63, 3.8) is 0 Å². The van der Waals surface area contributed by atoms with Crippen LogP contribution in [0, 0.1) is 0 Å². The van der Waals surface area contributed by atoms with E-state index in [-0.39, 0.29) is 5.91 Å². The zero-order chi connectivity index (χ0) is 16.8. The molecule has 1 amide bonds. The summed E-state index contributed by atoms with van der Waals surface area (Å²) >= 11 is 5.93. The number of amides is 1. The Morgan fingerprint density at radius 2 is 1.75 bits per heavy atom. The van der Waals surface area contributed by atoms with Crippen molar-refractivity contribution in [1.82, 2.24) is 4.90 Å². The van der Waals surface area contributed by atoms with Gasteiger partial charge in [-0.3, -0.25) is 9.69 Å². The number of para-hydroxylation sites is 1. The van der Waals surface area contributed by atoms with Crippen molar-refractivity contribution in [2.24, 2.45) is 0 Å². The van der Waals surface area contributed by atoms with Gasteiger partial charge in [0.2, 0.25) is 5.91 Å². The number of benzene rings is 2. The number of anilines is 2. The van der Waals surface area contributed by atoms with E-state index in [9.17, 15) is 4.79 Å². The molecule has 1 heterocycles. The Morgan fingerprint density at radius 1 is 1.00 bits per heavy atom. The van der Waals surface area contributed by atoms with Gasteiger partial charge >= 0.3 is 0 Å². The summed E-state index contributed by atoms with van der Waals surface area (Å²) < 4.78 is 0. The molecular formula is C19H22ClN3O. The number of piperazine rings is 1. The third-order valence-electron chi connectivity index (χ3n) is 4.26. The smallest absolute Gasteiger partial charge is 0.225 e. The van der Waals surface area contributed by atoms with Gasteiger partial charge in [-0.1, -0.05) is 35.9 Å². The van der Waals surface area contributed by atoms with Crippen molar-refractivity contribution in [3.8, 4) is 0 Å². The molecule has 24 heavy (non-hydrogen) atoms. The minimum atomic E-state index is 0.0303. The lowest BCUT2D eigenvalue weighted by atomic mass is 10.2. The lowest BCUT2D eigenvalue weighted by Crippen LogP contribution is -2.47. The summed E-state index contributed by atoms with van der Waals surface area (Å²) in [4.78, 5) is 16.8. The first-order valence-electron chi connectivity index (χ1n) is 8.28. The lowest BCUT2D eigenvalue weighted by Gasteiger charge is -2.36. The Morgan fingerprint density at radius 3 is 2.46 bits per heavy atom. The number of carbonyl (C=O) groups excluding carboxylic acids is 1. The quantitative estimate of drug-likeness (QED) is 0.902. The summed E-state index contributed by atoms with van der Waals surface area (Å²) in [6, 6.07) is 17.7. The minimum Gasteiger partial charge on any atom is -0.369 e. The number of nitrogens with zero attached hydrogens (tertiary/aromatic N) is 2. The molecule has 0 spiro atoms.